The Kier molecular flexibility index (Phi) is 4.74. The molecule has 1 aromatic carbocycles. The summed E-state index contributed by atoms with van der Waals surface area (Å²) in [4.78, 5) is 2.56. The van der Waals surface area contributed by atoms with Crippen molar-refractivity contribution in [3.8, 4) is 0 Å². The SMILES string of the molecule is CCCC(CCC)(N1CCOCC1)n1nnc2ccccc21. The van der Waals surface area contributed by atoms with E-state index in [-0.39, 0.29) is 5.66 Å². The zero-order chi connectivity index (χ0) is 15.4. The van der Waals surface area contributed by atoms with Gasteiger partial charge in [-0.2, -0.15) is 0 Å². The molecule has 0 atom stereocenters. The number of hydrogen-bond donors (Lipinski definition) is 0. The van der Waals surface area contributed by atoms with E-state index >= 15 is 0 Å². The largest absolute Gasteiger partial charge is 0.379 e. The maximum absolute atomic E-state index is 5.57. The van der Waals surface area contributed by atoms with Gasteiger partial charge in [0.15, 0.2) is 0 Å². The van der Waals surface area contributed by atoms with Crippen molar-refractivity contribution in [2.45, 2.75) is 45.2 Å². The van der Waals surface area contributed by atoms with E-state index in [9.17, 15) is 0 Å². The van der Waals surface area contributed by atoms with Gasteiger partial charge in [-0.25, -0.2) is 4.68 Å². The molecular formula is C17H26N4O. The summed E-state index contributed by atoms with van der Waals surface area (Å²) in [5, 5.41) is 8.96. The van der Waals surface area contributed by atoms with Crippen LogP contribution in [0.1, 0.15) is 39.5 Å². The van der Waals surface area contributed by atoms with Crippen LogP contribution in [-0.4, -0.2) is 46.2 Å². The van der Waals surface area contributed by atoms with Crippen molar-refractivity contribution in [1.82, 2.24) is 19.9 Å². The molecule has 0 radical (unpaired) electrons. The standard InChI is InChI=1S/C17H26N4O/c1-3-9-17(10-4-2,20-11-13-22-14-12-20)21-16-8-6-5-7-15(16)18-19-21/h5-8H,3-4,9-14H2,1-2H3. The summed E-state index contributed by atoms with van der Waals surface area (Å²) in [5.74, 6) is 0. The van der Waals surface area contributed by atoms with Crippen molar-refractivity contribution in [2.75, 3.05) is 26.3 Å². The van der Waals surface area contributed by atoms with E-state index in [1.165, 1.54) is 0 Å². The van der Waals surface area contributed by atoms with Crippen LogP contribution in [0.3, 0.4) is 0 Å². The zero-order valence-electron chi connectivity index (χ0n) is 13.7. The minimum absolute atomic E-state index is 0.0800. The van der Waals surface area contributed by atoms with Gasteiger partial charge in [-0.3, -0.25) is 4.90 Å². The first kappa shape index (κ1) is 15.4. The number of hydrogen-bond acceptors (Lipinski definition) is 4. The molecule has 2 heterocycles. The van der Waals surface area contributed by atoms with Gasteiger partial charge in [-0.1, -0.05) is 44.0 Å². The predicted octanol–water partition coefficient (Wildman–Crippen LogP) is 3.02. The van der Waals surface area contributed by atoms with Crippen LogP contribution in [0.25, 0.3) is 11.0 Å². The van der Waals surface area contributed by atoms with Crippen molar-refractivity contribution < 1.29 is 4.74 Å². The van der Waals surface area contributed by atoms with Gasteiger partial charge in [0.05, 0.1) is 18.7 Å². The van der Waals surface area contributed by atoms with E-state index in [4.69, 9.17) is 4.74 Å². The normalized spacial score (nSPS) is 17.2. The maximum atomic E-state index is 5.57. The van der Waals surface area contributed by atoms with E-state index in [0.29, 0.717) is 0 Å². The van der Waals surface area contributed by atoms with Crippen molar-refractivity contribution in [1.29, 1.82) is 0 Å². The molecule has 2 aromatic rings. The second-order valence-electron chi connectivity index (χ2n) is 6.07. The number of nitrogens with zero attached hydrogens (tertiary/aromatic N) is 4. The molecule has 5 heteroatoms. The van der Waals surface area contributed by atoms with Crippen LogP contribution in [-0.2, 0) is 10.4 Å². The van der Waals surface area contributed by atoms with Crippen LogP contribution in [0.2, 0.25) is 0 Å². The third-order valence-electron chi connectivity index (χ3n) is 4.65. The lowest BCUT2D eigenvalue weighted by molar-refractivity contribution is -0.0733. The van der Waals surface area contributed by atoms with Gasteiger partial charge in [0.1, 0.15) is 11.2 Å². The Hall–Kier alpha value is -1.46. The molecule has 0 bridgehead atoms. The number of morpholine rings is 1. The Morgan fingerprint density at radius 2 is 1.77 bits per heavy atom. The van der Waals surface area contributed by atoms with Gasteiger partial charge >= 0.3 is 0 Å². The molecule has 1 aromatic heterocycles. The minimum Gasteiger partial charge on any atom is -0.379 e. The van der Waals surface area contributed by atoms with Crippen LogP contribution in [0.15, 0.2) is 24.3 Å². The average molecular weight is 302 g/mol. The molecule has 1 aliphatic heterocycles. The highest BCUT2D eigenvalue weighted by molar-refractivity contribution is 5.74. The second-order valence-corrected chi connectivity index (χ2v) is 6.07. The van der Waals surface area contributed by atoms with Crippen molar-refractivity contribution in [2.24, 2.45) is 0 Å². The molecular weight excluding hydrogens is 276 g/mol. The quantitative estimate of drug-likeness (QED) is 0.822. The lowest BCUT2D eigenvalue weighted by Gasteiger charge is -2.46. The number of benzene rings is 1. The highest BCUT2D eigenvalue weighted by Gasteiger charge is 2.39. The molecule has 5 nitrogen and oxygen atoms in total. The van der Waals surface area contributed by atoms with Crippen molar-refractivity contribution in [3.63, 3.8) is 0 Å². The van der Waals surface area contributed by atoms with Crippen molar-refractivity contribution in [3.05, 3.63) is 24.3 Å². The topological polar surface area (TPSA) is 43.2 Å². The molecule has 1 saturated heterocycles. The summed E-state index contributed by atoms with van der Waals surface area (Å²) in [5.41, 5.74) is 2.03. The summed E-state index contributed by atoms with van der Waals surface area (Å²) in [6.07, 6.45) is 4.44. The summed E-state index contributed by atoms with van der Waals surface area (Å²) in [6.45, 7) is 8.06. The number of aromatic nitrogens is 3. The Balaban J connectivity index is 2.10. The summed E-state index contributed by atoms with van der Waals surface area (Å²) >= 11 is 0. The summed E-state index contributed by atoms with van der Waals surface area (Å²) < 4.78 is 7.75. The van der Waals surface area contributed by atoms with Crippen LogP contribution in [0.5, 0.6) is 0 Å². The van der Waals surface area contributed by atoms with Crippen LogP contribution >= 0.6 is 0 Å². The van der Waals surface area contributed by atoms with E-state index < -0.39 is 0 Å². The van der Waals surface area contributed by atoms with Crippen LogP contribution in [0, 0.1) is 0 Å². The number of para-hydroxylation sites is 1. The number of rotatable bonds is 6. The third-order valence-corrected chi connectivity index (χ3v) is 4.65. The van der Waals surface area contributed by atoms with E-state index in [1.807, 2.05) is 12.1 Å². The first-order valence-corrected chi connectivity index (χ1v) is 8.45. The maximum Gasteiger partial charge on any atom is 0.117 e. The van der Waals surface area contributed by atoms with Gasteiger partial charge < -0.3 is 4.74 Å². The molecule has 22 heavy (non-hydrogen) atoms. The Labute approximate surface area is 132 Å². The fourth-order valence-corrected chi connectivity index (χ4v) is 3.74. The van der Waals surface area contributed by atoms with Crippen LogP contribution < -0.4 is 0 Å². The van der Waals surface area contributed by atoms with Gasteiger partial charge in [-0.15, -0.1) is 5.10 Å². The van der Waals surface area contributed by atoms with Gasteiger partial charge in [0.2, 0.25) is 0 Å². The number of ether oxygens (including phenoxy) is 1. The van der Waals surface area contributed by atoms with Crippen LogP contribution in [0.4, 0.5) is 0 Å². The molecule has 0 unspecified atom stereocenters. The smallest absolute Gasteiger partial charge is 0.117 e. The Morgan fingerprint density at radius 3 is 2.45 bits per heavy atom. The first-order chi connectivity index (χ1) is 10.8. The Morgan fingerprint density at radius 1 is 1.09 bits per heavy atom. The third kappa shape index (κ3) is 2.63. The van der Waals surface area contributed by atoms with E-state index in [2.05, 4.69) is 45.9 Å². The van der Waals surface area contributed by atoms with Gasteiger partial charge in [0.25, 0.3) is 0 Å². The first-order valence-electron chi connectivity index (χ1n) is 8.45. The predicted molar refractivity (Wildman–Crippen MR) is 87.7 cm³/mol. The highest BCUT2D eigenvalue weighted by atomic mass is 16.5. The second kappa shape index (κ2) is 6.75. The fraction of sp³-hybridized carbons (Fsp3) is 0.647. The minimum atomic E-state index is -0.0800. The molecule has 1 fully saturated rings. The molecule has 0 N–H and O–H groups in total. The van der Waals surface area contributed by atoms with Gasteiger partial charge in [-0.05, 0) is 25.0 Å². The summed E-state index contributed by atoms with van der Waals surface area (Å²) in [6, 6.07) is 8.28. The molecule has 0 spiro atoms. The van der Waals surface area contributed by atoms with E-state index in [0.717, 1.165) is 63.0 Å². The molecule has 0 amide bonds. The number of fused-ring (bicyclic) bond motifs is 1. The zero-order valence-corrected chi connectivity index (χ0v) is 13.7. The molecule has 120 valence electrons. The molecule has 1 aliphatic rings. The molecule has 0 saturated carbocycles. The highest BCUT2D eigenvalue weighted by Crippen LogP contribution is 2.35. The summed E-state index contributed by atoms with van der Waals surface area (Å²) in [7, 11) is 0. The fourth-order valence-electron chi connectivity index (χ4n) is 3.74. The van der Waals surface area contributed by atoms with E-state index in [1.54, 1.807) is 0 Å². The van der Waals surface area contributed by atoms with Gasteiger partial charge in [0, 0.05) is 13.1 Å². The van der Waals surface area contributed by atoms with Crippen molar-refractivity contribution >= 4 is 11.0 Å². The molecule has 0 aliphatic carbocycles. The average Bonchev–Trinajstić information content (AvgIpc) is 3.00. The Bertz CT molecular complexity index is 597. The lowest BCUT2D eigenvalue weighted by Crippen LogP contribution is -2.55. The monoisotopic (exact) mass is 302 g/mol. The lowest BCUT2D eigenvalue weighted by atomic mass is 9.95. The molecule has 3 rings (SSSR count).